The zero-order valence-electron chi connectivity index (χ0n) is 21.1. The lowest BCUT2D eigenvalue weighted by atomic mass is 9.83. The summed E-state index contributed by atoms with van der Waals surface area (Å²) >= 11 is 6.20. The lowest BCUT2D eigenvalue weighted by Gasteiger charge is -2.24. The molecule has 188 valence electrons. The summed E-state index contributed by atoms with van der Waals surface area (Å²) in [5, 5.41) is 6.05. The van der Waals surface area contributed by atoms with E-state index in [4.69, 9.17) is 16.3 Å². The second-order valence-corrected chi connectivity index (χ2v) is 10.0. The average Bonchev–Trinajstić information content (AvgIpc) is 2.83. The number of carbonyl (C=O) groups excluding carboxylic acids is 3. The first-order valence-electron chi connectivity index (χ1n) is 11.6. The van der Waals surface area contributed by atoms with Gasteiger partial charge in [-0.05, 0) is 53.3 Å². The lowest BCUT2D eigenvalue weighted by Crippen LogP contribution is -2.43. The molecule has 0 saturated heterocycles. The van der Waals surface area contributed by atoms with Gasteiger partial charge in [0.2, 0.25) is 0 Å². The first-order chi connectivity index (χ1) is 17.0. The summed E-state index contributed by atoms with van der Waals surface area (Å²) in [6, 6.07) is 18.8. The van der Waals surface area contributed by atoms with E-state index in [9.17, 15) is 14.4 Å². The van der Waals surface area contributed by atoms with Crippen molar-refractivity contribution >= 4 is 35.1 Å². The van der Waals surface area contributed by atoms with E-state index in [1.807, 2.05) is 45.9 Å². The van der Waals surface area contributed by atoms with Crippen LogP contribution in [0.15, 0.2) is 66.7 Å². The predicted molar refractivity (Wildman–Crippen MR) is 143 cm³/mol. The summed E-state index contributed by atoms with van der Waals surface area (Å²) in [5.41, 5.74) is 3.75. The fourth-order valence-electron chi connectivity index (χ4n) is 3.98. The number of benzene rings is 3. The Hall–Kier alpha value is -3.64. The molecule has 0 radical (unpaired) electrons. The van der Waals surface area contributed by atoms with Crippen molar-refractivity contribution in [1.29, 1.82) is 0 Å². The van der Waals surface area contributed by atoms with Gasteiger partial charge in [-0.1, -0.05) is 74.8 Å². The number of carbonyl (C=O) groups is 3. The van der Waals surface area contributed by atoms with E-state index in [1.165, 1.54) is 7.11 Å². The minimum atomic E-state index is -0.873. The van der Waals surface area contributed by atoms with Gasteiger partial charge in [0.25, 0.3) is 11.8 Å². The Bertz CT molecular complexity index is 1240. The van der Waals surface area contributed by atoms with Gasteiger partial charge in [0.1, 0.15) is 6.04 Å². The smallest absolute Gasteiger partial charge is 0.328 e. The van der Waals surface area contributed by atoms with Crippen molar-refractivity contribution in [2.75, 3.05) is 12.4 Å². The highest BCUT2D eigenvalue weighted by Crippen LogP contribution is 2.26. The monoisotopic (exact) mass is 506 g/mol. The molecule has 0 heterocycles. The SMILES string of the molecule is COC(=O)C(Cc1ccc(NC(=O)c2c(C)cccc2Cl)cc1)NC(=O)c1ccccc1C(C)(C)C. The van der Waals surface area contributed by atoms with E-state index in [2.05, 4.69) is 10.6 Å². The van der Waals surface area contributed by atoms with Gasteiger partial charge in [0, 0.05) is 17.7 Å². The standard InChI is InChI=1S/C29H31ClN2O4/c1-18-9-8-12-23(30)25(18)27(34)31-20-15-13-19(14-16-20)17-24(28(35)36-5)32-26(33)21-10-6-7-11-22(21)29(2,3)4/h6-16,24H,17H2,1-5H3,(H,31,34)(H,32,33). The molecule has 0 aromatic heterocycles. The maximum atomic E-state index is 13.1. The van der Waals surface area contributed by atoms with E-state index in [1.54, 1.807) is 48.5 Å². The van der Waals surface area contributed by atoms with Crippen LogP contribution in [-0.2, 0) is 21.4 Å². The Morgan fingerprint density at radius 3 is 2.19 bits per heavy atom. The first kappa shape index (κ1) is 27.0. The number of hydrogen-bond acceptors (Lipinski definition) is 4. The Morgan fingerprint density at radius 2 is 1.58 bits per heavy atom. The third-order valence-corrected chi connectivity index (χ3v) is 6.19. The molecule has 6 nitrogen and oxygen atoms in total. The van der Waals surface area contributed by atoms with E-state index in [0.717, 1.165) is 16.7 Å². The zero-order chi connectivity index (χ0) is 26.5. The molecule has 0 aliphatic rings. The number of rotatable bonds is 7. The van der Waals surface area contributed by atoms with E-state index >= 15 is 0 Å². The largest absolute Gasteiger partial charge is 0.467 e. The van der Waals surface area contributed by atoms with Crippen LogP contribution >= 0.6 is 11.6 Å². The van der Waals surface area contributed by atoms with Gasteiger partial charge in [-0.15, -0.1) is 0 Å². The number of amides is 2. The second kappa shape index (κ2) is 11.4. The molecule has 0 aliphatic heterocycles. The molecule has 2 N–H and O–H groups in total. The van der Waals surface area contributed by atoms with Gasteiger partial charge in [-0.3, -0.25) is 9.59 Å². The first-order valence-corrected chi connectivity index (χ1v) is 12.0. The van der Waals surface area contributed by atoms with E-state index in [0.29, 0.717) is 21.8 Å². The van der Waals surface area contributed by atoms with Gasteiger partial charge in [-0.2, -0.15) is 0 Å². The van der Waals surface area contributed by atoms with E-state index < -0.39 is 12.0 Å². The van der Waals surface area contributed by atoms with Gasteiger partial charge >= 0.3 is 5.97 Å². The van der Waals surface area contributed by atoms with Crippen molar-refractivity contribution in [2.45, 2.75) is 45.6 Å². The van der Waals surface area contributed by atoms with Crippen LogP contribution in [0.3, 0.4) is 0 Å². The van der Waals surface area contributed by atoms with Crippen molar-refractivity contribution in [1.82, 2.24) is 5.32 Å². The molecule has 7 heteroatoms. The number of halogens is 1. The molecule has 3 rings (SSSR count). The molecule has 0 aliphatic carbocycles. The number of esters is 1. The molecular formula is C29H31ClN2O4. The van der Waals surface area contributed by atoms with Crippen LogP contribution in [0.5, 0.6) is 0 Å². The molecule has 36 heavy (non-hydrogen) atoms. The van der Waals surface area contributed by atoms with Gasteiger partial charge < -0.3 is 15.4 Å². The molecule has 0 spiro atoms. The highest BCUT2D eigenvalue weighted by atomic mass is 35.5. The Kier molecular flexibility index (Phi) is 8.53. The summed E-state index contributed by atoms with van der Waals surface area (Å²) in [4.78, 5) is 38.3. The predicted octanol–water partition coefficient (Wildman–Crippen LogP) is 5.71. The molecule has 3 aromatic carbocycles. The van der Waals surface area contributed by atoms with Gasteiger partial charge in [0.05, 0.1) is 17.7 Å². The minimum Gasteiger partial charge on any atom is -0.467 e. The molecule has 0 saturated carbocycles. The van der Waals surface area contributed by atoms with Crippen LogP contribution < -0.4 is 10.6 Å². The maximum Gasteiger partial charge on any atom is 0.328 e. The topological polar surface area (TPSA) is 84.5 Å². The van der Waals surface area contributed by atoms with Crippen molar-refractivity contribution in [3.63, 3.8) is 0 Å². The van der Waals surface area contributed by atoms with Crippen molar-refractivity contribution in [3.05, 3.63) is 99.6 Å². The summed E-state index contributed by atoms with van der Waals surface area (Å²) in [6.45, 7) is 7.92. The zero-order valence-corrected chi connectivity index (χ0v) is 21.9. The number of nitrogens with one attached hydrogen (secondary N) is 2. The fraction of sp³-hybridized carbons (Fsp3) is 0.276. The summed E-state index contributed by atoms with van der Waals surface area (Å²) in [7, 11) is 1.29. The summed E-state index contributed by atoms with van der Waals surface area (Å²) < 4.78 is 4.94. The number of ether oxygens (including phenoxy) is 1. The molecule has 2 amide bonds. The van der Waals surface area contributed by atoms with Crippen LogP contribution in [0, 0.1) is 6.92 Å². The number of anilines is 1. The van der Waals surface area contributed by atoms with Crippen molar-refractivity contribution < 1.29 is 19.1 Å². The van der Waals surface area contributed by atoms with Crippen LogP contribution in [0.1, 0.15) is 58.2 Å². The summed E-state index contributed by atoms with van der Waals surface area (Å²) in [5.74, 6) is -1.18. The molecule has 1 unspecified atom stereocenters. The highest BCUT2D eigenvalue weighted by Gasteiger charge is 2.26. The van der Waals surface area contributed by atoms with Crippen LogP contribution in [0.25, 0.3) is 0 Å². The van der Waals surface area contributed by atoms with Crippen LogP contribution in [0.4, 0.5) is 5.69 Å². The van der Waals surface area contributed by atoms with Crippen LogP contribution in [-0.4, -0.2) is 30.9 Å². The van der Waals surface area contributed by atoms with Gasteiger partial charge in [0.15, 0.2) is 0 Å². The summed E-state index contributed by atoms with van der Waals surface area (Å²) in [6.07, 6.45) is 0.230. The molecule has 1 atom stereocenters. The number of methoxy groups -OCH3 is 1. The highest BCUT2D eigenvalue weighted by molar-refractivity contribution is 6.34. The number of hydrogen-bond donors (Lipinski definition) is 2. The third kappa shape index (κ3) is 6.52. The average molecular weight is 507 g/mol. The lowest BCUT2D eigenvalue weighted by molar-refractivity contribution is -0.142. The number of aryl methyl sites for hydroxylation is 1. The van der Waals surface area contributed by atoms with Gasteiger partial charge in [-0.25, -0.2) is 4.79 Å². The Morgan fingerprint density at radius 1 is 0.917 bits per heavy atom. The maximum absolute atomic E-state index is 13.1. The van der Waals surface area contributed by atoms with Crippen molar-refractivity contribution in [3.8, 4) is 0 Å². The van der Waals surface area contributed by atoms with Crippen LogP contribution in [0.2, 0.25) is 5.02 Å². The molecular weight excluding hydrogens is 476 g/mol. The molecule has 0 bridgehead atoms. The van der Waals surface area contributed by atoms with Crippen molar-refractivity contribution in [2.24, 2.45) is 0 Å². The fourth-order valence-corrected chi connectivity index (χ4v) is 4.29. The minimum absolute atomic E-state index is 0.230. The molecule has 0 fully saturated rings. The second-order valence-electron chi connectivity index (χ2n) is 9.63. The third-order valence-electron chi connectivity index (χ3n) is 5.87. The van der Waals surface area contributed by atoms with E-state index in [-0.39, 0.29) is 23.7 Å². The normalized spacial score (nSPS) is 11.9. The Balaban J connectivity index is 1.74. The quantitative estimate of drug-likeness (QED) is 0.402. The Labute approximate surface area is 217 Å². The molecule has 3 aromatic rings.